The van der Waals surface area contributed by atoms with Crippen LogP contribution in [0.3, 0.4) is 0 Å². The summed E-state index contributed by atoms with van der Waals surface area (Å²) >= 11 is 0. The van der Waals surface area contributed by atoms with Crippen molar-refractivity contribution in [2.75, 3.05) is 0 Å². The molecule has 0 radical (unpaired) electrons. The van der Waals surface area contributed by atoms with Crippen LogP contribution in [0.25, 0.3) is 11.1 Å². The standard InChI is InChI=1S/C13H8FNO4/c14-9-4-7(3-8(5-9)12(16)17)11-6-15-2-1-10(11)13(18)19/h1-6H,(H,16,17)(H,18,19). The fourth-order valence-electron chi connectivity index (χ4n) is 1.68. The SMILES string of the molecule is O=C(O)c1cc(F)cc(-c2cnccc2C(=O)O)c1. The van der Waals surface area contributed by atoms with Crippen molar-refractivity contribution in [1.82, 2.24) is 4.98 Å². The minimum absolute atomic E-state index is 0.0723. The van der Waals surface area contributed by atoms with E-state index in [0.717, 1.165) is 12.1 Å². The Hall–Kier alpha value is -2.76. The lowest BCUT2D eigenvalue weighted by molar-refractivity contribution is 0.0687. The number of pyridine rings is 1. The van der Waals surface area contributed by atoms with E-state index in [9.17, 15) is 14.0 Å². The Bertz CT molecular complexity index is 669. The number of carboxylic acid groups (broad SMARTS) is 2. The number of aromatic nitrogens is 1. The summed E-state index contributed by atoms with van der Waals surface area (Å²) < 4.78 is 13.4. The van der Waals surface area contributed by atoms with Crippen molar-refractivity contribution in [2.24, 2.45) is 0 Å². The van der Waals surface area contributed by atoms with Crippen LogP contribution in [0, 0.1) is 5.82 Å². The zero-order valence-electron chi connectivity index (χ0n) is 9.50. The van der Waals surface area contributed by atoms with E-state index in [1.54, 1.807) is 0 Å². The summed E-state index contributed by atoms with van der Waals surface area (Å²) in [6, 6.07) is 4.40. The number of halogens is 1. The molecular weight excluding hydrogens is 253 g/mol. The fourth-order valence-corrected chi connectivity index (χ4v) is 1.68. The second-order valence-electron chi connectivity index (χ2n) is 3.76. The molecule has 0 unspecified atom stereocenters. The Morgan fingerprint density at radius 3 is 2.47 bits per heavy atom. The molecule has 2 aromatic rings. The number of aromatic carboxylic acids is 2. The summed E-state index contributed by atoms with van der Waals surface area (Å²) in [5.74, 6) is -3.24. The molecule has 0 atom stereocenters. The Kier molecular flexibility index (Phi) is 3.24. The molecule has 0 bridgehead atoms. The summed E-state index contributed by atoms with van der Waals surface area (Å²) in [6.45, 7) is 0. The van der Waals surface area contributed by atoms with Gasteiger partial charge in [-0.3, -0.25) is 4.98 Å². The Morgan fingerprint density at radius 1 is 1.11 bits per heavy atom. The lowest BCUT2D eigenvalue weighted by atomic mass is 10.00. The van der Waals surface area contributed by atoms with Crippen LogP contribution in [-0.4, -0.2) is 27.1 Å². The second-order valence-corrected chi connectivity index (χ2v) is 3.76. The highest BCUT2D eigenvalue weighted by Crippen LogP contribution is 2.25. The molecule has 0 aliphatic carbocycles. The highest BCUT2D eigenvalue weighted by atomic mass is 19.1. The van der Waals surface area contributed by atoms with E-state index in [0.29, 0.717) is 0 Å². The molecule has 5 nitrogen and oxygen atoms in total. The van der Waals surface area contributed by atoms with Crippen LogP contribution in [-0.2, 0) is 0 Å². The molecule has 1 aromatic carbocycles. The van der Waals surface area contributed by atoms with E-state index in [4.69, 9.17) is 10.2 Å². The first-order valence-electron chi connectivity index (χ1n) is 5.20. The van der Waals surface area contributed by atoms with Crippen molar-refractivity contribution in [3.05, 3.63) is 53.6 Å². The highest BCUT2D eigenvalue weighted by Gasteiger charge is 2.14. The third kappa shape index (κ3) is 2.57. The van der Waals surface area contributed by atoms with Crippen molar-refractivity contribution >= 4 is 11.9 Å². The number of hydrogen-bond acceptors (Lipinski definition) is 3. The van der Waals surface area contributed by atoms with Gasteiger partial charge in [-0.05, 0) is 29.8 Å². The zero-order valence-corrected chi connectivity index (χ0v) is 9.50. The van der Waals surface area contributed by atoms with Gasteiger partial charge >= 0.3 is 11.9 Å². The fraction of sp³-hybridized carbons (Fsp3) is 0. The maximum Gasteiger partial charge on any atom is 0.336 e. The molecule has 2 N–H and O–H groups in total. The minimum Gasteiger partial charge on any atom is -0.478 e. The number of carbonyl (C=O) groups is 2. The molecule has 0 aliphatic rings. The average molecular weight is 261 g/mol. The lowest BCUT2D eigenvalue weighted by Gasteiger charge is -2.06. The number of carboxylic acids is 2. The summed E-state index contributed by atoms with van der Waals surface area (Å²) in [6.07, 6.45) is 2.55. The molecule has 1 heterocycles. The third-order valence-corrected chi connectivity index (χ3v) is 2.51. The van der Waals surface area contributed by atoms with Gasteiger partial charge in [-0.1, -0.05) is 0 Å². The second kappa shape index (κ2) is 4.85. The van der Waals surface area contributed by atoms with Crippen LogP contribution in [0.5, 0.6) is 0 Å². The third-order valence-electron chi connectivity index (χ3n) is 2.51. The van der Waals surface area contributed by atoms with E-state index in [2.05, 4.69) is 4.98 Å². The molecule has 6 heteroatoms. The summed E-state index contributed by atoms with van der Waals surface area (Å²) in [5.41, 5.74) is -0.00738. The normalized spacial score (nSPS) is 10.2. The Morgan fingerprint density at radius 2 is 1.84 bits per heavy atom. The predicted octanol–water partition coefficient (Wildman–Crippen LogP) is 2.28. The van der Waals surface area contributed by atoms with Gasteiger partial charge in [-0.2, -0.15) is 0 Å². The van der Waals surface area contributed by atoms with Gasteiger partial charge in [0.05, 0.1) is 11.1 Å². The number of benzene rings is 1. The molecule has 0 saturated carbocycles. The molecule has 0 amide bonds. The van der Waals surface area contributed by atoms with Gasteiger partial charge in [-0.15, -0.1) is 0 Å². The molecule has 0 spiro atoms. The highest BCUT2D eigenvalue weighted by molar-refractivity contribution is 5.97. The minimum atomic E-state index is -1.29. The van der Waals surface area contributed by atoms with Crippen molar-refractivity contribution in [2.45, 2.75) is 0 Å². The zero-order chi connectivity index (χ0) is 14.0. The number of hydrogen-bond donors (Lipinski definition) is 2. The van der Waals surface area contributed by atoms with E-state index >= 15 is 0 Å². The van der Waals surface area contributed by atoms with E-state index < -0.39 is 17.8 Å². The molecular formula is C13H8FNO4. The van der Waals surface area contributed by atoms with Crippen molar-refractivity contribution in [3.8, 4) is 11.1 Å². The quantitative estimate of drug-likeness (QED) is 0.884. The van der Waals surface area contributed by atoms with Gasteiger partial charge in [0, 0.05) is 18.0 Å². The first-order valence-corrected chi connectivity index (χ1v) is 5.20. The maximum absolute atomic E-state index is 13.4. The molecule has 0 saturated heterocycles. The van der Waals surface area contributed by atoms with Crippen LogP contribution in [0.1, 0.15) is 20.7 Å². The van der Waals surface area contributed by atoms with E-state index in [1.165, 1.54) is 24.5 Å². The van der Waals surface area contributed by atoms with E-state index in [-0.39, 0.29) is 22.3 Å². The van der Waals surface area contributed by atoms with Gasteiger partial charge in [-0.25, -0.2) is 14.0 Å². The van der Waals surface area contributed by atoms with Gasteiger partial charge in [0.15, 0.2) is 0 Å². The molecule has 19 heavy (non-hydrogen) atoms. The average Bonchev–Trinajstić information content (AvgIpc) is 2.37. The predicted molar refractivity (Wildman–Crippen MR) is 63.5 cm³/mol. The van der Waals surface area contributed by atoms with Crippen LogP contribution in [0.2, 0.25) is 0 Å². The van der Waals surface area contributed by atoms with Gasteiger partial charge < -0.3 is 10.2 Å². The Balaban J connectivity index is 2.65. The van der Waals surface area contributed by atoms with Crippen LogP contribution in [0.4, 0.5) is 4.39 Å². The molecule has 96 valence electrons. The monoisotopic (exact) mass is 261 g/mol. The topological polar surface area (TPSA) is 87.5 Å². The van der Waals surface area contributed by atoms with Crippen molar-refractivity contribution in [1.29, 1.82) is 0 Å². The number of nitrogens with zero attached hydrogens (tertiary/aromatic N) is 1. The summed E-state index contributed by atoms with van der Waals surface area (Å²) in [5, 5.41) is 17.9. The molecule has 2 rings (SSSR count). The van der Waals surface area contributed by atoms with Gasteiger partial charge in [0.2, 0.25) is 0 Å². The number of rotatable bonds is 3. The molecule has 1 aromatic heterocycles. The maximum atomic E-state index is 13.4. The van der Waals surface area contributed by atoms with Crippen LogP contribution < -0.4 is 0 Å². The summed E-state index contributed by atoms with van der Waals surface area (Å²) in [7, 11) is 0. The van der Waals surface area contributed by atoms with Gasteiger partial charge in [0.1, 0.15) is 5.82 Å². The first kappa shape index (κ1) is 12.7. The first-order chi connectivity index (χ1) is 8.99. The summed E-state index contributed by atoms with van der Waals surface area (Å²) in [4.78, 5) is 25.7. The lowest BCUT2D eigenvalue weighted by Crippen LogP contribution is -2.02. The molecule has 0 aliphatic heterocycles. The van der Waals surface area contributed by atoms with Crippen LogP contribution >= 0.6 is 0 Å². The van der Waals surface area contributed by atoms with E-state index in [1.807, 2.05) is 0 Å². The smallest absolute Gasteiger partial charge is 0.336 e. The largest absolute Gasteiger partial charge is 0.478 e. The van der Waals surface area contributed by atoms with Gasteiger partial charge in [0.25, 0.3) is 0 Å². The Labute approximate surface area is 107 Å². The molecule has 0 fully saturated rings. The van der Waals surface area contributed by atoms with Crippen LogP contribution in [0.15, 0.2) is 36.7 Å². The van der Waals surface area contributed by atoms with Crippen molar-refractivity contribution in [3.63, 3.8) is 0 Å². The van der Waals surface area contributed by atoms with Crippen molar-refractivity contribution < 1.29 is 24.2 Å².